The Morgan fingerprint density at radius 1 is 1.44 bits per heavy atom. The summed E-state index contributed by atoms with van der Waals surface area (Å²) < 4.78 is 26.4. The van der Waals surface area contributed by atoms with Crippen LogP contribution in [0.4, 0.5) is 0 Å². The number of nitrogens with zero attached hydrogens (tertiary/aromatic N) is 1. The van der Waals surface area contributed by atoms with Crippen LogP contribution in [0.2, 0.25) is 10.2 Å². The molecule has 0 aliphatic carbocycles. The molecule has 0 aliphatic rings. The number of sulfonamides is 1. The van der Waals surface area contributed by atoms with E-state index in [1.165, 1.54) is 6.07 Å². The Labute approximate surface area is 116 Å². The number of rotatable bonds is 5. The Hall–Kier alpha value is -0.400. The lowest BCUT2D eigenvalue weighted by molar-refractivity contribution is 0.227. The normalized spacial score (nSPS) is 13.9. The second-order valence-corrected chi connectivity index (χ2v) is 6.58. The van der Waals surface area contributed by atoms with Crippen molar-refractivity contribution in [3.8, 4) is 0 Å². The molecule has 0 aromatic carbocycles. The Kier molecular flexibility index (Phi) is 5.36. The third kappa shape index (κ3) is 3.80. The molecule has 1 aromatic heterocycles. The highest BCUT2D eigenvalue weighted by atomic mass is 35.5. The lowest BCUT2D eigenvalue weighted by Gasteiger charge is -2.19. The third-order valence-corrected chi connectivity index (χ3v) is 4.53. The van der Waals surface area contributed by atoms with Crippen LogP contribution >= 0.6 is 23.2 Å². The molecule has 8 heteroatoms. The number of hydrogen-bond acceptors (Lipinski definition) is 4. The number of halogens is 2. The molecule has 5 nitrogen and oxygen atoms in total. The SMILES string of the molecule is CC(C)[C@@H](CO)NS(=O)(=O)c1cnc(Cl)c(Cl)c1. The van der Waals surface area contributed by atoms with Gasteiger partial charge in [-0.1, -0.05) is 37.0 Å². The van der Waals surface area contributed by atoms with Gasteiger partial charge in [0.05, 0.1) is 11.6 Å². The van der Waals surface area contributed by atoms with Crippen molar-refractivity contribution in [3.63, 3.8) is 0 Å². The lowest BCUT2D eigenvalue weighted by Crippen LogP contribution is -2.41. The number of hydrogen-bond donors (Lipinski definition) is 2. The third-order valence-electron chi connectivity index (χ3n) is 2.39. The molecule has 1 atom stereocenters. The molecule has 0 amide bonds. The van der Waals surface area contributed by atoms with E-state index in [4.69, 9.17) is 28.3 Å². The standard InChI is InChI=1S/C10H14Cl2N2O3S/c1-6(2)9(5-15)14-18(16,17)7-3-8(11)10(12)13-4-7/h3-4,6,9,14-15H,5H2,1-2H3/t9-/m1/s1. The first-order valence-corrected chi connectivity index (χ1v) is 7.46. The van der Waals surface area contributed by atoms with Crippen LogP contribution in [0.1, 0.15) is 13.8 Å². The molecule has 0 fully saturated rings. The van der Waals surface area contributed by atoms with Gasteiger partial charge in [-0.3, -0.25) is 0 Å². The topological polar surface area (TPSA) is 79.3 Å². The predicted molar refractivity (Wildman–Crippen MR) is 70.3 cm³/mol. The van der Waals surface area contributed by atoms with Gasteiger partial charge in [0.25, 0.3) is 0 Å². The van der Waals surface area contributed by atoms with E-state index < -0.39 is 16.1 Å². The molecule has 1 heterocycles. The smallest absolute Gasteiger partial charge is 0.242 e. The maximum Gasteiger partial charge on any atom is 0.242 e. The summed E-state index contributed by atoms with van der Waals surface area (Å²) in [6.45, 7) is 3.32. The van der Waals surface area contributed by atoms with Gasteiger partial charge in [0.2, 0.25) is 10.0 Å². The minimum absolute atomic E-state index is 0.0400. The number of aliphatic hydroxyl groups is 1. The zero-order valence-electron chi connectivity index (χ0n) is 9.89. The fraction of sp³-hybridized carbons (Fsp3) is 0.500. The summed E-state index contributed by atoms with van der Waals surface area (Å²) in [5.74, 6) is -0.0412. The monoisotopic (exact) mass is 312 g/mol. The minimum atomic E-state index is -3.77. The summed E-state index contributed by atoms with van der Waals surface area (Å²) in [5.41, 5.74) is 0. The number of nitrogens with one attached hydrogen (secondary N) is 1. The summed E-state index contributed by atoms with van der Waals surface area (Å²) >= 11 is 11.3. The van der Waals surface area contributed by atoms with Crippen molar-refractivity contribution in [1.82, 2.24) is 9.71 Å². The first-order chi connectivity index (χ1) is 8.27. The maximum atomic E-state index is 12.0. The summed E-state index contributed by atoms with van der Waals surface area (Å²) in [5, 5.41) is 9.22. The molecule has 0 spiro atoms. The van der Waals surface area contributed by atoms with Crippen LogP contribution in [0.5, 0.6) is 0 Å². The maximum absolute atomic E-state index is 12.0. The molecule has 0 bridgehead atoms. The number of pyridine rings is 1. The molecule has 1 rings (SSSR count). The van der Waals surface area contributed by atoms with Crippen molar-refractivity contribution in [2.75, 3.05) is 6.61 Å². The van der Waals surface area contributed by atoms with Gasteiger partial charge in [-0.15, -0.1) is 0 Å². The van der Waals surface area contributed by atoms with Crippen molar-refractivity contribution in [2.45, 2.75) is 24.8 Å². The quantitative estimate of drug-likeness (QED) is 0.811. The van der Waals surface area contributed by atoms with Gasteiger partial charge in [-0.05, 0) is 12.0 Å². The molecule has 102 valence electrons. The molecule has 0 saturated heterocycles. The highest BCUT2D eigenvalue weighted by Gasteiger charge is 2.22. The molecule has 0 saturated carbocycles. The van der Waals surface area contributed by atoms with E-state index in [1.54, 1.807) is 13.8 Å². The first-order valence-electron chi connectivity index (χ1n) is 5.22. The largest absolute Gasteiger partial charge is 0.395 e. The van der Waals surface area contributed by atoms with Crippen LogP contribution in [-0.2, 0) is 10.0 Å². The van der Waals surface area contributed by atoms with Gasteiger partial charge >= 0.3 is 0 Å². The van der Waals surface area contributed by atoms with Crippen LogP contribution in [0.25, 0.3) is 0 Å². The van der Waals surface area contributed by atoms with Crippen LogP contribution in [0.3, 0.4) is 0 Å². The Balaban J connectivity index is 3.02. The first kappa shape index (κ1) is 15.7. The highest BCUT2D eigenvalue weighted by molar-refractivity contribution is 7.89. The fourth-order valence-electron chi connectivity index (χ4n) is 1.20. The molecular formula is C10H14Cl2N2O3S. The van der Waals surface area contributed by atoms with Gasteiger partial charge in [-0.2, -0.15) is 0 Å². The molecule has 0 radical (unpaired) electrons. The highest BCUT2D eigenvalue weighted by Crippen LogP contribution is 2.22. The summed E-state index contributed by atoms with van der Waals surface area (Å²) in [6, 6.07) is 0.651. The second-order valence-electron chi connectivity index (χ2n) is 4.10. The van der Waals surface area contributed by atoms with E-state index in [0.29, 0.717) is 0 Å². The van der Waals surface area contributed by atoms with E-state index in [0.717, 1.165) is 6.20 Å². The molecule has 0 aliphatic heterocycles. The van der Waals surface area contributed by atoms with E-state index in [-0.39, 0.29) is 27.6 Å². The Morgan fingerprint density at radius 3 is 2.50 bits per heavy atom. The Morgan fingerprint density at radius 2 is 2.06 bits per heavy atom. The van der Waals surface area contributed by atoms with Crippen LogP contribution in [0, 0.1) is 5.92 Å². The van der Waals surface area contributed by atoms with Crippen molar-refractivity contribution < 1.29 is 13.5 Å². The van der Waals surface area contributed by atoms with Gasteiger partial charge in [0.15, 0.2) is 0 Å². The lowest BCUT2D eigenvalue weighted by atomic mass is 10.1. The van der Waals surface area contributed by atoms with Crippen LogP contribution in [-0.4, -0.2) is 31.2 Å². The van der Waals surface area contributed by atoms with Crippen molar-refractivity contribution in [1.29, 1.82) is 0 Å². The molecule has 2 N–H and O–H groups in total. The van der Waals surface area contributed by atoms with Crippen molar-refractivity contribution >= 4 is 33.2 Å². The number of aromatic nitrogens is 1. The van der Waals surface area contributed by atoms with Crippen molar-refractivity contribution in [3.05, 3.63) is 22.4 Å². The zero-order valence-corrected chi connectivity index (χ0v) is 12.2. The van der Waals surface area contributed by atoms with Gasteiger partial charge < -0.3 is 5.11 Å². The van der Waals surface area contributed by atoms with Crippen LogP contribution in [0.15, 0.2) is 17.2 Å². The fourth-order valence-corrected chi connectivity index (χ4v) is 2.88. The van der Waals surface area contributed by atoms with Gasteiger partial charge in [0.1, 0.15) is 10.0 Å². The summed E-state index contributed by atoms with van der Waals surface area (Å²) in [6.07, 6.45) is 1.12. The molecule has 1 aromatic rings. The second kappa shape index (κ2) is 6.16. The van der Waals surface area contributed by atoms with Gasteiger partial charge in [0, 0.05) is 12.2 Å². The van der Waals surface area contributed by atoms with E-state index >= 15 is 0 Å². The van der Waals surface area contributed by atoms with E-state index in [1.807, 2.05) is 0 Å². The zero-order chi connectivity index (χ0) is 13.9. The van der Waals surface area contributed by atoms with Crippen LogP contribution < -0.4 is 4.72 Å². The summed E-state index contributed by atoms with van der Waals surface area (Å²) in [7, 11) is -3.77. The molecular weight excluding hydrogens is 299 g/mol. The Bertz CT molecular complexity index is 520. The minimum Gasteiger partial charge on any atom is -0.395 e. The number of aliphatic hydroxyl groups excluding tert-OH is 1. The average molecular weight is 313 g/mol. The van der Waals surface area contributed by atoms with Gasteiger partial charge in [-0.25, -0.2) is 18.1 Å². The summed E-state index contributed by atoms with van der Waals surface area (Å²) in [4.78, 5) is 3.59. The predicted octanol–water partition coefficient (Wildman–Crippen LogP) is 1.68. The van der Waals surface area contributed by atoms with E-state index in [9.17, 15) is 8.42 Å². The molecule has 0 unspecified atom stereocenters. The van der Waals surface area contributed by atoms with Crippen molar-refractivity contribution in [2.24, 2.45) is 5.92 Å². The molecule has 18 heavy (non-hydrogen) atoms. The van der Waals surface area contributed by atoms with E-state index in [2.05, 4.69) is 9.71 Å². The average Bonchev–Trinajstić information content (AvgIpc) is 2.29.